The molecule has 0 unspecified atom stereocenters. The molecule has 0 aliphatic carbocycles. The summed E-state index contributed by atoms with van der Waals surface area (Å²) in [6.45, 7) is 5.48. The molecular weight excluding hydrogens is 290 g/mol. The van der Waals surface area contributed by atoms with Gasteiger partial charge in [-0.15, -0.1) is 11.6 Å². The molecule has 5 heteroatoms. The Hall–Kier alpha value is -1.26. The van der Waals surface area contributed by atoms with Gasteiger partial charge in [0.15, 0.2) is 0 Å². The number of amides is 1. The molecule has 2 atom stereocenters. The molecule has 1 N–H and O–H groups in total. The molecule has 21 heavy (non-hydrogen) atoms. The lowest BCUT2D eigenvalue weighted by atomic mass is 10.0. The summed E-state index contributed by atoms with van der Waals surface area (Å²) in [5.41, 5.74) is 0.566. The van der Waals surface area contributed by atoms with Crippen LogP contribution in [0.25, 0.3) is 0 Å². The third-order valence-corrected chi connectivity index (χ3v) is 3.21. The largest absolute Gasteiger partial charge is 0.444 e. The third kappa shape index (κ3) is 6.82. The monoisotopic (exact) mass is 313 g/mol. The number of carbonyl (C=O) groups excluding carboxylic acids is 1. The molecule has 0 spiro atoms. The van der Waals surface area contributed by atoms with Crippen molar-refractivity contribution in [3.05, 3.63) is 35.9 Å². The summed E-state index contributed by atoms with van der Waals surface area (Å²) in [5.74, 6) is 0.295. The van der Waals surface area contributed by atoms with Crippen LogP contribution < -0.4 is 5.32 Å². The van der Waals surface area contributed by atoms with E-state index >= 15 is 0 Å². The van der Waals surface area contributed by atoms with E-state index in [-0.39, 0.29) is 12.1 Å². The Kier molecular flexibility index (Phi) is 6.99. The Balaban J connectivity index is 2.75. The average Bonchev–Trinajstić information content (AvgIpc) is 2.39. The van der Waals surface area contributed by atoms with Gasteiger partial charge in [-0.25, -0.2) is 4.79 Å². The van der Waals surface area contributed by atoms with Crippen molar-refractivity contribution in [3.8, 4) is 0 Å². The topological polar surface area (TPSA) is 47.6 Å². The van der Waals surface area contributed by atoms with Gasteiger partial charge in [0.2, 0.25) is 0 Å². The Morgan fingerprint density at radius 1 is 1.29 bits per heavy atom. The van der Waals surface area contributed by atoms with Crippen LogP contribution in [-0.2, 0) is 15.9 Å². The van der Waals surface area contributed by atoms with E-state index < -0.39 is 11.7 Å². The highest BCUT2D eigenvalue weighted by Crippen LogP contribution is 2.12. The van der Waals surface area contributed by atoms with Gasteiger partial charge in [-0.1, -0.05) is 30.3 Å². The molecule has 1 rings (SSSR count). The van der Waals surface area contributed by atoms with E-state index in [0.717, 1.165) is 5.56 Å². The number of benzene rings is 1. The molecule has 118 valence electrons. The van der Waals surface area contributed by atoms with E-state index in [0.29, 0.717) is 12.3 Å². The van der Waals surface area contributed by atoms with Crippen LogP contribution in [0.5, 0.6) is 0 Å². The van der Waals surface area contributed by atoms with Gasteiger partial charge in [-0.05, 0) is 32.8 Å². The maximum absolute atomic E-state index is 12.0. The zero-order valence-corrected chi connectivity index (χ0v) is 13.8. The van der Waals surface area contributed by atoms with Crippen molar-refractivity contribution in [2.75, 3.05) is 13.0 Å². The second kappa shape index (κ2) is 8.25. The van der Waals surface area contributed by atoms with Crippen LogP contribution in [-0.4, -0.2) is 36.8 Å². The van der Waals surface area contributed by atoms with Crippen molar-refractivity contribution in [3.63, 3.8) is 0 Å². The van der Waals surface area contributed by atoms with Gasteiger partial charge in [0.25, 0.3) is 0 Å². The number of alkyl halides is 1. The summed E-state index contributed by atoms with van der Waals surface area (Å²) >= 11 is 5.93. The predicted octanol–water partition coefficient (Wildman–Crippen LogP) is 3.38. The SMILES string of the molecule is CO[C@@H](CCl)[C@H](Cc1ccccc1)NC(=O)OC(C)(C)C. The van der Waals surface area contributed by atoms with E-state index in [1.54, 1.807) is 7.11 Å². The first-order valence-electron chi connectivity index (χ1n) is 6.98. The van der Waals surface area contributed by atoms with E-state index in [1.807, 2.05) is 51.1 Å². The summed E-state index contributed by atoms with van der Waals surface area (Å²) in [6.07, 6.45) is -0.110. The van der Waals surface area contributed by atoms with E-state index in [2.05, 4.69) is 5.32 Å². The fourth-order valence-corrected chi connectivity index (χ4v) is 2.28. The highest BCUT2D eigenvalue weighted by atomic mass is 35.5. The Morgan fingerprint density at radius 3 is 2.38 bits per heavy atom. The minimum Gasteiger partial charge on any atom is -0.444 e. The second-order valence-corrected chi connectivity index (χ2v) is 6.18. The molecule has 0 saturated heterocycles. The molecule has 0 heterocycles. The van der Waals surface area contributed by atoms with Crippen LogP contribution in [0.3, 0.4) is 0 Å². The molecule has 0 aliphatic rings. The van der Waals surface area contributed by atoms with Crippen LogP contribution in [0.2, 0.25) is 0 Å². The minimum absolute atomic E-state index is 0.246. The summed E-state index contributed by atoms with van der Waals surface area (Å²) in [4.78, 5) is 12.0. The molecule has 0 aromatic heterocycles. The molecule has 0 saturated carbocycles. The second-order valence-electron chi connectivity index (χ2n) is 5.87. The maximum Gasteiger partial charge on any atom is 0.407 e. The van der Waals surface area contributed by atoms with Crippen molar-refractivity contribution in [2.45, 2.75) is 44.9 Å². The van der Waals surface area contributed by atoms with Gasteiger partial charge in [-0.3, -0.25) is 0 Å². The van der Waals surface area contributed by atoms with Gasteiger partial charge in [0, 0.05) is 7.11 Å². The fraction of sp³-hybridized carbons (Fsp3) is 0.562. The Morgan fingerprint density at radius 2 is 1.90 bits per heavy atom. The number of ether oxygens (including phenoxy) is 2. The van der Waals surface area contributed by atoms with E-state index in [4.69, 9.17) is 21.1 Å². The smallest absolute Gasteiger partial charge is 0.407 e. The van der Waals surface area contributed by atoms with Crippen LogP contribution in [0.1, 0.15) is 26.3 Å². The van der Waals surface area contributed by atoms with E-state index in [1.165, 1.54) is 0 Å². The van der Waals surface area contributed by atoms with E-state index in [9.17, 15) is 4.79 Å². The molecule has 0 bridgehead atoms. The third-order valence-electron chi connectivity index (χ3n) is 2.90. The maximum atomic E-state index is 12.0. The molecule has 1 aromatic carbocycles. The summed E-state index contributed by atoms with van der Waals surface area (Å²) in [7, 11) is 1.59. The van der Waals surface area contributed by atoms with Gasteiger partial charge < -0.3 is 14.8 Å². The first kappa shape index (κ1) is 17.8. The number of halogens is 1. The first-order valence-corrected chi connectivity index (χ1v) is 7.51. The number of methoxy groups -OCH3 is 1. The number of alkyl carbamates (subject to hydrolysis) is 1. The summed E-state index contributed by atoms with van der Waals surface area (Å²) in [5, 5.41) is 2.85. The number of carbonyl (C=O) groups is 1. The summed E-state index contributed by atoms with van der Waals surface area (Å²) in [6, 6.07) is 9.64. The van der Waals surface area contributed by atoms with Crippen molar-refractivity contribution >= 4 is 17.7 Å². The van der Waals surface area contributed by atoms with Crippen LogP contribution in [0.15, 0.2) is 30.3 Å². The normalized spacial score (nSPS) is 14.3. The van der Waals surface area contributed by atoms with Crippen molar-refractivity contribution in [1.82, 2.24) is 5.32 Å². The predicted molar refractivity (Wildman–Crippen MR) is 84.8 cm³/mol. The quantitative estimate of drug-likeness (QED) is 0.819. The standard InChI is InChI=1S/C16H24ClNO3/c1-16(2,3)21-15(19)18-13(14(11-17)20-4)10-12-8-6-5-7-9-12/h5-9,13-14H,10-11H2,1-4H3,(H,18,19)/t13-,14-/m0/s1. The molecule has 4 nitrogen and oxygen atoms in total. The molecule has 0 radical (unpaired) electrons. The average molecular weight is 314 g/mol. The molecule has 1 amide bonds. The van der Waals surface area contributed by atoms with Crippen molar-refractivity contribution in [2.24, 2.45) is 0 Å². The molecule has 0 fully saturated rings. The lowest BCUT2D eigenvalue weighted by Gasteiger charge is -2.27. The Labute approximate surface area is 131 Å². The summed E-state index contributed by atoms with van der Waals surface area (Å²) < 4.78 is 10.7. The number of nitrogens with one attached hydrogen (secondary N) is 1. The number of rotatable bonds is 6. The highest BCUT2D eigenvalue weighted by molar-refractivity contribution is 6.18. The fourth-order valence-electron chi connectivity index (χ4n) is 1.94. The molecule has 1 aromatic rings. The molecular formula is C16H24ClNO3. The zero-order chi connectivity index (χ0) is 15.9. The highest BCUT2D eigenvalue weighted by Gasteiger charge is 2.25. The minimum atomic E-state index is -0.537. The van der Waals surface area contributed by atoms with Gasteiger partial charge in [0.1, 0.15) is 5.60 Å². The Bertz CT molecular complexity index is 427. The van der Waals surface area contributed by atoms with Gasteiger partial charge >= 0.3 is 6.09 Å². The lowest BCUT2D eigenvalue weighted by molar-refractivity contribution is 0.0380. The zero-order valence-electron chi connectivity index (χ0n) is 13.1. The van der Waals surface area contributed by atoms with Crippen LogP contribution in [0, 0.1) is 0 Å². The van der Waals surface area contributed by atoms with Crippen LogP contribution >= 0.6 is 11.6 Å². The number of hydrogen-bond donors (Lipinski definition) is 1. The number of hydrogen-bond acceptors (Lipinski definition) is 3. The molecule has 0 aliphatic heterocycles. The van der Waals surface area contributed by atoms with Crippen molar-refractivity contribution < 1.29 is 14.3 Å². The van der Waals surface area contributed by atoms with Crippen molar-refractivity contribution in [1.29, 1.82) is 0 Å². The van der Waals surface area contributed by atoms with Crippen LogP contribution in [0.4, 0.5) is 4.79 Å². The lowest BCUT2D eigenvalue weighted by Crippen LogP contribution is -2.48. The van der Waals surface area contributed by atoms with Gasteiger partial charge in [-0.2, -0.15) is 0 Å². The van der Waals surface area contributed by atoms with Gasteiger partial charge in [0.05, 0.1) is 18.0 Å². The first-order chi connectivity index (χ1) is 9.85.